The SMILES string of the molecule is CCCC(C)CCC(C)c1ccc(OCCCCCCOC(=O)CCC(=O)OCCCCCCOc2ccc(OCCCCCCOC(=O)CCC(=O)OCCCCCCOc3ccc(C4CCC(CCC)CC4)cc3)cc2C(=O)OCCCCCCO)cc1. The summed E-state index contributed by atoms with van der Waals surface area (Å²) in [5.74, 6) is 3.57. The first-order chi connectivity index (χ1) is 44.0. The first-order valence-corrected chi connectivity index (χ1v) is 35.2. The van der Waals surface area contributed by atoms with E-state index in [4.69, 9.17) is 47.7 Å². The van der Waals surface area contributed by atoms with Crippen LogP contribution in [0.4, 0.5) is 0 Å². The fourth-order valence-electron chi connectivity index (χ4n) is 11.4. The van der Waals surface area contributed by atoms with Crippen LogP contribution in [0.1, 0.15) is 279 Å². The zero-order valence-electron chi connectivity index (χ0n) is 55.9. The summed E-state index contributed by atoms with van der Waals surface area (Å²) < 4.78 is 51.0. The van der Waals surface area contributed by atoms with E-state index in [0.717, 1.165) is 126 Å². The van der Waals surface area contributed by atoms with Crippen LogP contribution in [0.5, 0.6) is 23.0 Å². The number of ether oxygens (including phenoxy) is 9. The van der Waals surface area contributed by atoms with Crippen molar-refractivity contribution in [1.29, 1.82) is 0 Å². The minimum atomic E-state index is -0.494. The quantitative estimate of drug-likeness (QED) is 0.0319. The Morgan fingerprint density at radius 3 is 1.27 bits per heavy atom. The Hall–Kier alpha value is -5.83. The van der Waals surface area contributed by atoms with Gasteiger partial charge in [0.15, 0.2) is 0 Å². The molecule has 506 valence electrons. The molecule has 0 aliphatic heterocycles. The number of rotatable bonds is 54. The van der Waals surface area contributed by atoms with Crippen molar-refractivity contribution in [2.45, 2.75) is 258 Å². The van der Waals surface area contributed by atoms with Crippen LogP contribution < -0.4 is 18.9 Å². The van der Waals surface area contributed by atoms with E-state index in [1.54, 1.807) is 18.2 Å². The summed E-state index contributed by atoms with van der Waals surface area (Å²) in [5, 5.41) is 9.09. The molecule has 1 aliphatic rings. The Kier molecular flexibility index (Phi) is 42.4. The topological polar surface area (TPSA) is 189 Å². The summed E-state index contributed by atoms with van der Waals surface area (Å²) >= 11 is 0. The van der Waals surface area contributed by atoms with Gasteiger partial charge in [0.25, 0.3) is 0 Å². The van der Waals surface area contributed by atoms with Crippen molar-refractivity contribution in [3.05, 3.63) is 83.4 Å². The van der Waals surface area contributed by atoms with Crippen molar-refractivity contribution < 1.29 is 71.7 Å². The van der Waals surface area contributed by atoms with E-state index in [9.17, 15) is 24.0 Å². The largest absolute Gasteiger partial charge is 0.494 e. The lowest BCUT2D eigenvalue weighted by atomic mass is 9.77. The molecule has 0 radical (unpaired) electrons. The molecule has 0 aromatic heterocycles. The summed E-state index contributed by atoms with van der Waals surface area (Å²) in [6.07, 6.45) is 29.5. The van der Waals surface area contributed by atoms with Gasteiger partial charge in [-0.3, -0.25) is 19.2 Å². The molecule has 0 spiro atoms. The minimum absolute atomic E-state index is 0.00210. The second-order valence-corrected chi connectivity index (χ2v) is 24.9. The first kappa shape index (κ1) is 76.6. The lowest BCUT2D eigenvalue weighted by Crippen LogP contribution is -2.13. The number of carbonyl (C=O) groups is 5. The smallest absolute Gasteiger partial charge is 0.342 e. The second-order valence-electron chi connectivity index (χ2n) is 24.9. The van der Waals surface area contributed by atoms with Crippen LogP contribution in [0, 0.1) is 11.8 Å². The summed E-state index contributed by atoms with van der Waals surface area (Å²) in [7, 11) is 0. The third-order valence-corrected chi connectivity index (χ3v) is 17.0. The molecular formula is C75H116O15. The van der Waals surface area contributed by atoms with Crippen LogP contribution in [-0.4, -0.2) is 101 Å². The molecule has 0 bridgehead atoms. The van der Waals surface area contributed by atoms with Crippen LogP contribution in [-0.2, 0) is 42.9 Å². The Labute approximate surface area is 541 Å². The number of aliphatic hydroxyl groups is 1. The van der Waals surface area contributed by atoms with Crippen molar-refractivity contribution in [3.8, 4) is 23.0 Å². The number of aliphatic hydroxyl groups excluding tert-OH is 1. The molecule has 3 aromatic carbocycles. The molecule has 1 aliphatic carbocycles. The molecule has 0 amide bonds. The van der Waals surface area contributed by atoms with Gasteiger partial charge in [-0.2, -0.15) is 0 Å². The molecule has 0 heterocycles. The first-order valence-electron chi connectivity index (χ1n) is 35.2. The fourth-order valence-corrected chi connectivity index (χ4v) is 11.4. The Bertz CT molecular complexity index is 2350. The van der Waals surface area contributed by atoms with Gasteiger partial charge in [0.1, 0.15) is 28.6 Å². The monoisotopic (exact) mass is 1260 g/mol. The zero-order chi connectivity index (χ0) is 64.5. The lowest BCUT2D eigenvalue weighted by Gasteiger charge is -2.28. The van der Waals surface area contributed by atoms with Gasteiger partial charge in [-0.1, -0.05) is 90.5 Å². The highest BCUT2D eigenvalue weighted by molar-refractivity contribution is 5.93. The zero-order valence-corrected chi connectivity index (χ0v) is 55.9. The summed E-state index contributed by atoms with van der Waals surface area (Å²) in [4.78, 5) is 62.3. The predicted octanol–water partition coefficient (Wildman–Crippen LogP) is 17.7. The number of carbonyl (C=O) groups excluding carboxylic acids is 5. The summed E-state index contributed by atoms with van der Waals surface area (Å²) in [5.41, 5.74) is 3.09. The summed E-state index contributed by atoms with van der Waals surface area (Å²) in [6, 6.07) is 22.4. The van der Waals surface area contributed by atoms with Crippen molar-refractivity contribution >= 4 is 29.8 Å². The van der Waals surface area contributed by atoms with Crippen molar-refractivity contribution in [1.82, 2.24) is 0 Å². The number of hydrogen-bond donors (Lipinski definition) is 1. The van der Waals surface area contributed by atoms with Gasteiger partial charge in [0.05, 0.1) is 85.1 Å². The molecule has 2 unspecified atom stereocenters. The van der Waals surface area contributed by atoms with Crippen molar-refractivity contribution in [2.75, 3.05) is 66.1 Å². The Morgan fingerprint density at radius 2 is 0.822 bits per heavy atom. The Balaban J connectivity index is 0.963. The molecule has 15 heteroatoms. The summed E-state index contributed by atoms with van der Waals surface area (Å²) in [6.45, 7) is 12.9. The van der Waals surface area contributed by atoms with E-state index < -0.39 is 23.9 Å². The molecular weight excluding hydrogens is 1140 g/mol. The van der Waals surface area contributed by atoms with Crippen LogP contribution >= 0.6 is 0 Å². The fraction of sp³-hybridized carbons (Fsp3) is 0.693. The van der Waals surface area contributed by atoms with E-state index in [0.29, 0.717) is 88.7 Å². The highest BCUT2D eigenvalue weighted by atomic mass is 16.6. The van der Waals surface area contributed by atoms with E-state index in [1.165, 1.54) is 75.3 Å². The maximum atomic E-state index is 13.3. The molecule has 0 saturated heterocycles. The van der Waals surface area contributed by atoms with Gasteiger partial charge in [-0.25, -0.2) is 4.79 Å². The average molecular weight is 1260 g/mol. The van der Waals surface area contributed by atoms with E-state index in [2.05, 4.69) is 76.2 Å². The Morgan fingerprint density at radius 1 is 0.422 bits per heavy atom. The third kappa shape index (κ3) is 36.3. The molecule has 4 rings (SSSR count). The van der Waals surface area contributed by atoms with Gasteiger partial charge in [-0.15, -0.1) is 0 Å². The van der Waals surface area contributed by atoms with Crippen LogP contribution in [0.3, 0.4) is 0 Å². The number of benzene rings is 3. The molecule has 90 heavy (non-hydrogen) atoms. The van der Waals surface area contributed by atoms with Crippen molar-refractivity contribution in [3.63, 3.8) is 0 Å². The maximum Gasteiger partial charge on any atom is 0.342 e. The van der Waals surface area contributed by atoms with Gasteiger partial charge < -0.3 is 47.7 Å². The maximum absolute atomic E-state index is 13.3. The average Bonchev–Trinajstić information content (AvgIpc) is 2.82. The van der Waals surface area contributed by atoms with Gasteiger partial charge in [-0.05, 0) is 231 Å². The minimum Gasteiger partial charge on any atom is -0.494 e. The lowest BCUT2D eigenvalue weighted by molar-refractivity contribution is -0.150. The number of unbranched alkanes of at least 4 members (excludes halogenated alkanes) is 15. The van der Waals surface area contributed by atoms with Gasteiger partial charge >= 0.3 is 29.8 Å². The molecule has 3 aromatic rings. The molecule has 15 nitrogen and oxygen atoms in total. The highest BCUT2D eigenvalue weighted by Crippen LogP contribution is 2.38. The molecule has 1 saturated carbocycles. The molecule has 2 atom stereocenters. The third-order valence-electron chi connectivity index (χ3n) is 17.0. The molecule has 1 fully saturated rings. The van der Waals surface area contributed by atoms with E-state index in [-0.39, 0.29) is 63.6 Å². The van der Waals surface area contributed by atoms with Crippen LogP contribution in [0.2, 0.25) is 0 Å². The van der Waals surface area contributed by atoms with Crippen molar-refractivity contribution in [2.24, 2.45) is 11.8 Å². The van der Waals surface area contributed by atoms with Gasteiger partial charge in [0.2, 0.25) is 0 Å². The van der Waals surface area contributed by atoms with Crippen LogP contribution in [0.15, 0.2) is 66.7 Å². The number of hydrogen-bond acceptors (Lipinski definition) is 15. The van der Waals surface area contributed by atoms with Gasteiger partial charge in [0, 0.05) is 6.61 Å². The van der Waals surface area contributed by atoms with E-state index in [1.807, 2.05) is 0 Å². The predicted molar refractivity (Wildman–Crippen MR) is 355 cm³/mol. The highest BCUT2D eigenvalue weighted by Gasteiger charge is 2.22. The number of esters is 5. The standard InChI is InChI=1S/C75H116O15/c1-5-27-60(3)29-30-61(4)63-35-39-66(40-36-63)82-50-18-9-13-22-54-86-72(78)47-48-74(80)89-57-25-16-12-21-53-85-70-44-43-68(59-69(70)75(81)90-58-26-8-7-17-49-76)84-52-20-11-15-24-56-88-73(79)46-45-71(77)87-55-23-14-10-19-51-83-67-41-37-65(38-42-67)64-33-31-62(28-6-2)32-34-64/h35-44,59-62,64,76H,5-34,45-58H2,1-4H3. The van der Waals surface area contributed by atoms with E-state index >= 15 is 0 Å². The van der Waals surface area contributed by atoms with Crippen LogP contribution in [0.25, 0.3) is 0 Å². The second kappa shape index (κ2) is 49.8. The normalized spacial score (nSPS) is 14.5. The molecule has 1 N–H and O–H groups in total.